The molecule has 3 rings (SSSR count). The Morgan fingerprint density at radius 1 is 1.21 bits per heavy atom. The van der Waals surface area contributed by atoms with Gasteiger partial charge >= 0.3 is 0 Å². The second kappa shape index (κ2) is 6.95. The van der Waals surface area contributed by atoms with Gasteiger partial charge in [-0.1, -0.05) is 41.6 Å². The third kappa shape index (κ3) is 3.43. The Morgan fingerprint density at radius 2 is 2.00 bits per heavy atom. The fourth-order valence-electron chi connectivity index (χ4n) is 2.21. The first-order valence-electron chi connectivity index (χ1n) is 7.30. The highest BCUT2D eigenvalue weighted by atomic mass is 19.1. The molecule has 24 heavy (non-hydrogen) atoms. The van der Waals surface area contributed by atoms with E-state index in [0.29, 0.717) is 11.3 Å². The molecule has 122 valence electrons. The quantitative estimate of drug-likeness (QED) is 0.780. The second-order valence-corrected chi connectivity index (χ2v) is 5.09. The first kappa shape index (κ1) is 15.7. The van der Waals surface area contributed by atoms with E-state index < -0.39 is 11.7 Å². The monoisotopic (exact) mass is 326 g/mol. The fraction of sp³-hybridized carbons (Fsp3) is 0.111. The fourth-order valence-corrected chi connectivity index (χ4v) is 2.21. The summed E-state index contributed by atoms with van der Waals surface area (Å²) in [5, 5.41) is 6.44. The van der Waals surface area contributed by atoms with Crippen molar-refractivity contribution in [3.05, 3.63) is 71.7 Å². The molecular formula is C18H15FN2O3. The maximum absolute atomic E-state index is 13.6. The number of carbonyl (C=O) groups excluding carboxylic acids is 1. The number of halogens is 1. The van der Waals surface area contributed by atoms with E-state index in [1.807, 2.05) is 30.3 Å². The van der Waals surface area contributed by atoms with Crippen LogP contribution in [-0.2, 0) is 6.54 Å². The molecule has 1 amide bonds. The van der Waals surface area contributed by atoms with Gasteiger partial charge in [-0.15, -0.1) is 0 Å². The molecule has 1 aromatic heterocycles. The Balaban J connectivity index is 1.65. The summed E-state index contributed by atoms with van der Waals surface area (Å²) in [6.07, 6.45) is 0. The van der Waals surface area contributed by atoms with Gasteiger partial charge in [-0.05, 0) is 17.7 Å². The summed E-state index contributed by atoms with van der Waals surface area (Å²) in [6, 6.07) is 15.4. The first-order valence-corrected chi connectivity index (χ1v) is 7.30. The highest BCUT2D eigenvalue weighted by Crippen LogP contribution is 2.20. The molecule has 0 unspecified atom stereocenters. The van der Waals surface area contributed by atoms with Crippen molar-refractivity contribution in [1.29, 1.82) is 0 Å². The van der Waals surface area contributed by atoms with Crippen LogP contribution in [0.2, 0.25) is 0 Å². The lowest BCUT2D eigenvalue weighted by atomic mass is 10.1. The molecule has 6 heteroatoms. The number of nitrogens with zero attached hydrogens (tertiary/aromatic N) is 1. The van der Waals surface area contributed by atoms with Crippen molar-refractivity contribution < 1.29 is 18.4 Å². The van der Waals surface area contributed by atoms with Gasteiger partial charge in [0.2, 0.25) is 0 Å². The molecule has 0 saturated carbocycles. The predicted octanol–water partition coefficient (Wildman–Crippen LogP) is 3.42. The zero-order valence-corrected chi connectivity index (χ0v) is 13.0. The number of rotatable bonds is 5. The lowest BCUT2D eigenvalue weighted by molar-refractivity contribution is 0.0942. The molecule has 0 bridgehead atoms. The van der Waals surface area contributed by atoms with E-state index in [1.54, 1.807) is 12.1 Å². The third-order valence-electron chi connectivity index (χ3n) is 3.47. The van der Waals surface area contributed by atoms with Crippen molar-refractivity contribution in [2.75, 3.05) is 7.11 Å². The Labute approximate surface area is 138 Å². The van der Waals surface area contributed by atoms with Gasteiger partial charge in [0.05, 0.1) is 7.11 Å². The Kier molecular flexibility index (Phi) is 4.56. The number of amides is 1. The van der Waals surface area contributed by atoms with E-state index in [1.165, 1.54) is 19.2 Å². The van der Waals surface area contributed by atoms with Crippen LogP contribution in [0.1, 0.15) is 16.1 Å². The molecule has 0 spiro atoms. The van der Waals surface area contributed by atoms with Crippen molar-refractivity contribution in [3.63, 3.8) is 0 Å². The maximum Gasteiger partial charge on any atom is 0.273 e. The van der Waals surface area contributed by atoms with Crippen molar-refractivity contribution in [3.8, 4) is 17.1 Å². The molecule has 0 aliphatic rings. The average Bonchev–Trinajstić information content (AvgIpc) is 3.11. The van der Waals surface area contributed by atoms with E-state index in [4.69, 9.17) is 9.26 Å². The molecule has 2 aromatic carbocycles. The summed E-state index contributed by atoms with van der Waals surface area (Å²) in [5.74, 6) is -0.195. The standard InChI is InChI=1S/C18H15FN2O3/c1-23-16-8-7-12(9-14(16)19)11-20-18(22)15-10-17(24-21-15)13-5-3-2-4-6-13/h2-10H,11H2,1H3,(H,20,22). The number of benzene rings is 2. The number of ether oxygens (including phenoxy) is 1. The van der Waals surface area contributed by atoms with Crippen molar-refractivity contribution >= 4 is 5.91 Å². The lowest BCUT2D eigenvalue weighted by Crippen LogP contribution is -2.23. The molecular weight excluding hydrogens is 311 g/mol. The van der Waals surface area contributed by atoms with Crippen LogP contribution in [0.5, 0.6) is 5.75 Å². The van der Waals surface area contributed by atoms with Crippen LogP contribution in [-0.4, -0.2) is 18.2 Å². The van der Waals surface area contributed by atoms with Crippen molar-refractivity contribution in [1.82, 2.24) is 10.5 Å². The molecule has 0 saturated heterocycles. The van der Waals surface area contributed by atoms with E-state index in [9.17, 15) is 9.18 Å². The minimum atomic E-state index is -0.475. The zero-order valence-electron chi connectivity index (χ0n) is 13.0. The van der Waals surface area contributed by atoms with Gasteiger partial charge < -0.3 is 14.6 Å². The van der Waals surface area contributed by atoms with E-state index in [0.717, 1.165) is 5.56 Å². The largest absolute Gasteiger partial charge is 0.494 e. The summed E-state index contributed by atoms with van der Waals surface area (Å²) in [7, 11) is 1.40. The topological polar surface area (TPSA) is 64.4 Å². The summed E-state index contributed by atoms with van der Waals surface area (Å²) >= 11 is 0. The number of carbonyl (C=O) groups is 1. The van der Waals surface area contributed by atoms with Crippen LogP contribution >= 0.6 is 0 Å². The molecule has 5 nitrogen and oxygen atoms in total. The molecule has 0 radical (unpaired) electrons. The van der Waals surface area contributed by atoms with Crippen LogP contribution in [0.15, 0.2) is 59.1 Å². The number of aromatic nitrogens is 1. The zero-order chi connectivity index (χ0) is 16.9. The minimum absolute atomic E-state index is 0.161. The van der Waals surface area contributed by atoms with Crippen LogP contribution < -0.4 is 10.1 Å². The lowest BCUT2D eigenvalue weighted by Gasteiger charge is -2.06. The SMILES string of the molecule is COc1ccc(CNC(=O)c2cc(-c3ccccc3)on2)cc1F. The van der Waals surface area contributed by atoms with Crippen molar-refractivity contribution in [2.24, 2.45) is 0 Å². The number of hydrogen-bond acceptors (Lipinski definition) is 4. The van der Waals surface area contributed by atoms with Crippen LogP contribution in [0.3, 0.4) is 0 Å². The van der Waals surface area contributed by atoms with Gasteiger partial charge in [-0.25, -0.2) is 4.39 Å². The maximum atomic E-state index is 13.6. The van der Waals surface area contributed by atoms with Gasteiger partial charge in [0, 0.05) is 18.2 Å². The van der Waals surface area contributed by atoms with E-state index >= 15 is 0 Å². The molecule has 0 atom stereocenters. The Bertz CT molecular complexity index is 846. The molecule has 0 fully saturated rings. The van der Waals surface area contributed by atoms with Crippen LogP contribution in [0.4, 0.5) is 4.39 Å². The van der Waals surface area contributed by atoms with Crippen LogP contribution in [0, 0.1) is 5.82 Å². The Hall–Kier alpha value is -3.15. The summed E-state index contributed by atoms with van der Waals surface area (Å²) in [5.41, 5.74) is 1.62. The molecule has 0 aliphatic heterocycles. The highest BCUT2D eigenvalue weighted by molar-refractivity contribution is 5.93. The molecule has 3 aromatic rings. The molecule has 1 heterocycles. The average molecular weight is 326 g/mol. The van der Waals surface area contributed by atoms with Gasteiger partial charge in [-0.2, -0.15) is 0 Å². The molecule has 0 aliphatic carbocycles. The number of methoxy groups -OCH3 is 1. The van der Waals surface area contributed by atoms with Gasteiger partial charge in [-0.3, -0.25) is 4.79 Å². The summed E-state index contributed by atoms with van der Waals surface area (Å²) in [4.78, 5) is 12.1. The summed E-state index contributed by atoms with van der Waals surface area (Å²) in [6.45, 7) is 0.174. The minimum Gasteiger partial charge on any atom is -0.494 e. The second-order valence-electron chi connectivity index (χ2n) is 5.09. The van der Waals surface area contributed by atoms with E-state index in [-0.39, 0.29) is 18.0 Å². The van der Waals surface area contributed by atoms with Crippen LogP contribution in [0.25, 0.3) is 11.3 Å². The normalized spacial score (nSPS) is 10.4. The Morgan fingerprint density at radius 3 is 2.71 bits per heavy atom. The first-order chi connectivity index (χ1) is 11.7. The van der Waals surface area contributed by atoms with Gasteiger partial charge in [0.1, 0.15) is 0 Å². The summed E-state index contributed by atoms with van der Waals surface area (Å²) < 4.78 is 23.7. The number of nitrogens with one attached hydrogen (secondary N) is 1. The molecule has 1 N–H and O–H groups in total. The van der Waals surface area contributed by atoms with Crippen molar-refractivity contribution in [2.45, 2.75) is 6.54 Å². The number of hydrogen-bond donors (Lipinski definition) is 1. The third-order valence-corrected chi connectivity index (χ3v) is 3.47. The van der Waals surface area contributed by atoms with E-state index in [2.05, 4.69) is 10.5 Å². The van der Waals surface area contributed by atoms with Gasteiger partial charge in [0.15, 0.2) is 23.0 Å². The smallest absolute Gasteiger partial charge is 0.273 e. The van der Waals surface area contributed by atoms with Gasteiger partial charge in [0.25, 0.3) is 5.91 Å². The predicted molar refractivity (Wildman–Crippen MR) is 86.1 cm³/mol. The highest BCUT2D eigenvalue weighted by Gasteiger charge is 2.13.